The van der Waals surface area contributed by atoms with E-state index in [9.17, 15) is 18.4 Å². The number of ether oxygens (including phenoxy) is 1. The van der Waals surface area contributed by atoms with E-state index >= 15 is 0 Å². The summed E-state index contributed by atoms with van der Waals surface area (Å²) in [6, 6.07) is 3.56. The number of anilines is 3. The van der Waals surface area contributed by atoms with E-state index < -0.39 is 18.5 Å². The van der Waals surface area contributed by atoms with E-state index in [1.807, 2.05) is 0 Å². The van der Waals surface area contributed by atoms with Crippen LogP contribution < -0.4 is 26.8 Å². The molecule has 1 aromatic carbocycles. The minimum Gasteiger partial charge on any atom is -0.435 e. The molecule has 0 amide bonds. The number of benzene rings is 1. The van der Waals surface area contributed by atoms with Gasteiger partial charge in [-0.25, -0.2) is 14.4 Å². The fraction of sp³-hybridized carbons (Fsp3) is 0.125. The SMILES string of the molecule is N#CNC1=NC(c2cc(OC(F)F)ccc2F)c2c(nc(N)c(C#N)c2N)N1. The number of hydrogen-bond acceptors (Lipinski definition) is 9. The van der Waals surface area contributed by atoms with Gasteiger partial charge >= 0.3 is 6.61 Å². The van der Waals surface area contributed by atoms with Gasteiger partial charge in [-0.15, -0.1) is 0 Å². The number of nitriles is 2. The van der Waals surface area contributed by atoms with E-state index in [0.717, 1.165) is 18.2 Å². The number of nitrogens with one attached hydrogen (secondary N) is 2. The highest BCUT2D eigenvalue weighted by Gasteiger charge is 2.31. The molecule has 3 rings (SSSR count). The summed E-state index contributed by atoms with van der Waals surface area (Å²) in [6.07, 6.45) is 1.64. The first-order valence-electron chi connectivity index (χ1n) is 7.58. The Morgan fingerprint density at radius 1 is 1.29 bits per heavy atom. The Morgan fingerprint density at radius 3 is 2.68 bits per heavy atom. The lowest BCUT2D eigenvalue weighted by molar-refractivity contribution is -0.0499. The average molecular weight is 388 g/mol. The van der Waals surface area contributed by atoms with Crippen molar-refractivity contribution in [2.75, 3.05) is 16.8 Å². The normalized spacial score (nSPS) is 14.9. The summed E-state index contributed by atoms with van der Waals surface area (Å²) < 4.78 is 43.9. The fourth-order valence-electron chi connectivity index (χ4n) is 2.71. The van der Waals surface area contributed by atoms with Gasteiger partial charge in [0.2, 0.25) is 5.96 Å². The highest BCUT2D eigenvalue weighted by Crippen LogP contribution is 2.42. The predicted octanol–water partition coefficient (Wildman–Crippen LogP) is 1.80. The molecule has 9 nitrogen and oxygen atoms in total. The summed E-state index contributed by atoms with van der Waals surface area (Å²) in [6.45, 7) is -3.12. The number of aromatic nitrogens is 1. The minimum absolute atomic E-state index is 0.0336. The Balaban J connectivity index is 2.23. The second-order valence-electron chi connectivity index (χ2n) is 5.46. The molecule has 2 aromatic rings. The average Bonchev–Trinajstić information content (AvgIpc) is 2.62. The van der Waals surface area contributed by atoms with Crippen LogP contribution in [-0.2, 0) is 0 Å². The van der Waals surface area contributed by atoms with Gasteiger partial charge in [0.05, 0.1) is 5.69 Å². The smallest absolute Gasteiger partial charge is 0.387 e. The highest BCUT2D eigenvalue weighted by molar-refractivity contribution is 5.98. The van der Waals surface area contributed by atoms with Crippen LogP contribution >= 0.6 is 0 Å². The zero-order valence-corrected chi connectivity index (χ0v) is 13.9. The van der Waals surface area contributed by atoms with Gasteiger partial charge in [0, 0.05) is 11.1 Å². The van der Waals surface area contributed by atoms with E-state index in [1.54, 1.807) is 12.3 Å². The number of halogens is 3. The molecule has 0 radical (unpaired) electrons. The lowest BCUT2D eigenvalue weighted by Gasteiger charge is -2.26. The standard InChI is InChI=1S/C16H11F3N8O/c17-9-2-1-6(28-15(18)19)3-7(9)12-10-11(22)8(4-20)13(23)26-14(10)27-16(25-12)24-5-21/h1-3,12,15H,(H6,22,23,24,25,26,27). The number of rotatable bonds is 3. The maximum atomic E-state index is 14.5. The number of hydrogen-bond donors (Lipinski definition) is 4. The summed E-state index contributed by atoms with van der Waals surface area (Å²) in [5.41, 5.74) is 11.4. The number of alkyl halides is 2. The molecular weight excluding hydrogens is 377 g/mol. The molecule has 1 atom stereocenters. The van der Waals surface area contributed by atoms with Gasteiger partial charge in [0.15, 0.2) is 6.19 Å². The van der Waals surface area contributed by atoms with Crippen molar-refractivity contribution in [3.8, 4) is 18.0 Å². The Bertz CT molecular complexity index is 1060. The maximum Gasteiger partial charge on any atom is 0.387 e. The van der Waals surface area contributed by atoms with Crippen molar-refractivity contribution in [3.63, 3.8) is 0 Å². The van der Waals surface area contributed by atoms with Crippen molar-refractivity contribution < 1.29 is 17.9 Å². The van der Waals surface area contributed by atoms with Crippen LogP contribution in [0.4, 0.5) is 30.5 Å². The van der Waals surface area contributed by atoms with Gasteiger partial charge in [-0.2, -0.15) is 19.3 Å². The molecule has 0 spiro atoms. The number of nitrogens with zero attached hydrogens (tertiary/aromatic N) is 4. The highest BCUT2D eigenvalue weighted by atomic mass is 19.3. The van der Waals surface area contributed by atoms with E-state index in [4.69, 9.17) is 16.7 Å². The van der Waals surface area contributed by atoms with Gasteiger partial charge < -0.3 is 21.5 Å². The molecule has 2 heterocycles. The van der Waals surface area contributed by atoms with Crippen LogP contribution in [0.25, 0.3) is 0 Å². The first-order valence-corrected chi connectivity index (χ1v) is 7.58. The van der Waals surface area contributed by atoms with Crippen molar-refractivity contribution in [2.45, 2.75) is 12.7 Å². The van der Waals surface area contributed by atoms with Gasteiger partial charge in [0.25, 0.3) is 0 Å². The molecule has 1 aliphatic heterocycles. The summed E-state index contributed by atoms with van der Waals surface area (Å²) in [5, 5.41) is 23.0. The number of guanidine groups is 1. The lowest BCUT2D eigenvalue weighted by Crippen LogP contribution is -2.33. The number of aliphatic imine (C=N–C) groups is 1. The van der Waals surface area contributed by atoms with Crippen LogP contribution in [0.3, 0.4) is 0 Å². The topological polar surface area (TPSA) is 158 Å². The molecule has 1 aromatic heterocycles. The first kappa shape index (κ1) is 18.6. The zero-order chi connectivity index (χ0) is 20.4. The van der Waals surface area contributed by atoms with E-state index in [0.29, 0.717) is 0 Å². The molecule has 0 bridgehead atoms. The van der Waals surface area contributed by atoms with Crippen LogP contribution in [0.1, 0.15) is 22.7 Å². The largest absolute Gasteiger partial charge is 0.435 e. The maximum absolute atomic E-state index is 14.5. The summed E-state index contributed by atoms with van der Waals surface area (Å²) in [4.78, 5) is 8.16. The number of fused-ring (bicyclic) bond motifs is 1. The Kier molecular flexibility index (Phi) is 4.78. The van der Waals surface area contributed by atoms with Crippen molar-refractivity contribution in [2.24, 2.45) is 4.99 Å². The van der Waals surface area contributed by atoms with Crippen LogP contribution in [-0.4, -0.2) is 17.6 Å². The first-order chi connectivity index (χ1) is 13.3. The molecule has 142 valence electrons. The molecule has 1 unspecified atom stereocenters. The zero-order valence-electron chi connectivity index (χ0n) is 13.9. The van der Waals surface area contributed by atoms with Crippen LogP contribution in [0.2, 0.25) is 0 Å². The summed E-state index contributed by atoms with van der Waals surface area (Å²) in [7, 11) is 0. The molecule has 0 saturated heterocycles. The van der Waals surface area contributed by atoms with E-state index in [1.165, 1.54) is 0 Å². The molecule has 28 heavy (non-hydrogen) atoms. The van der Waals surface area contributed by atoms with Crippen LogP contribution in [0.5, 0.6) is 5.75 Å². The number of nitrogens with two attached hydrogens (primary N) is 2. The van der Waals surface area contributed by atoms with Gasteiger partial charge in [-0.3, -0.25) is 5.32 Å². The van der Waals surface area contributed by atoms with E-state index in [2.05, 4.69) is 25.3 Å². The molecular formula is C16H11F3N8O. The lowest BCUT2D eigenvalue weighted by atomic mass is 9.94. The molecule has 0 aliphatic carbocycles. The predicted molar refractivity (Wildman–Crippen MR) is 92.5 cm³/mol. The third-order valence-electron chi connectivity index (χ3n) is 3.84. The number of nitrogen functional groups attached to an aromatic ring is 2. The van der Waals surface area contributed by atoms with Gasteiger partial charge in [-0.05, 0) is 18.2 Å². The van der Waals surface area contributed by atoms with Crippen molar-refractivity contribution in [3.05, 3.63) is 40.7 Å². The molecule has 12 heteroatoms. The summed E-state index contributed by atoms with van der Waals surface area (Å²) in [5.74, 6) is -1.35. The van der Waals surface area contributed by atoms with Crippen molar-refractivity contribution in [1.82, 2.24) is 10.3 Å². The third-order valence-corrected chi connectivity index (χ3v) is 3.84. The van der Waals surface area contributed by atoms with E-state index in [-0.39, 0.29) is 45.7 Å². The summed E-state index contributed by atoms with van der Waals surface area (Å²) >= 11 is 0. The molecule has 0 fully saturated rings. The fourth-order valence-corrected chi connectivity index (χ4v) is 2.71. The molecule has 6 N–H and O–H groups in total. The van der Waals surface area contributed by atoms with Crippen LogP contribution in [0, 0.1) is 28.6 Å². The molecule has 0 saturated carbocycles. The second kappa shape index (κ2) is 7.20. The Labute approximate surface area is 156 Å². The van der Waals surface area contributed by atoms with Gasteiger partial charge in [-0.1, -0.05) is 0 Å². The third kappa shape index (κ3) is 3.26. The Morgan fingerprint density at radius 2 is 2.04 bits per heavy atom. The minimum atomic E-state index is -3.12. The van der Waals surface area contributed by atoms with Crippen LogP contribution in [0.15, 0.2) is 23.2 Å². The second-order valence-corrected chi connectivity index (χ2v) is 5.46. The van der Waals surface area contributed by atoms with Crippen molar-refractivity contribution >= 4 is 23.3 Å². The number of pyridine rings is 1. The Hall–Kier alpha value is -4.19. The monoisotopic (exact) mass is 388 g/mol. The quantitative estimate of drug-likeness (QED) is 0.458. The van der Waals surface area contributed by atoms with Crippen molar-refractivity contribution in [1.29, 1.82) is 10.5 Å². The molecule has 1 aliphatic rings. The van der Waals surface area contributed by atoms with Gasteiger partial charge in [0.1, 0.15) is 40.9 Å².